The summed E-state index contributed by atoms with van der Waals surface area (Å²) in [6, 6.07) is 7.00. The van der Waals surface area contributed by atoms with Crippen LogP contribution in [0.4, 0.5) is 5.00 Å². The molecule has 2 rings (SSSR count). The van der Waals surface area contributed by atoms with Crippen LogP contribution in [0.1, 0.15) is 26.3 Å². The Morgan fingerprint density at radius 1 is 1.32 bits per heavy atom. The lowest BCUT2D eigenvalue weighted by Gasteiger charge is -2.06. The molecule has 0 radical (unpaired) electrons. The van der Waals surface area contributed by atoms with Crippen molar-refractivity contribution in [3.63, 3.8) is 0 Å². The Labute approximate surface area is 122 Å². The summed E-state index contributed by atoms with van der Waals surface area (Å²) in [5.41, 5.74) is 7.05. The average Bonchev–Trinajstić information content (AvgIpc) is 2.75. The maximum Gasteiger partial charge on any atom is 0.256 e. The fraction of sp³-hybridized carbons (Fsp3) is 0.0769. The van der Waals surface area contributed by atoms with E-state index in [1.807, 2.05) is 13.0 Å². The molecule has 3 N–H and O–H groups in total. The lowest BCUT2D eigenvalue weighted by molar-refractivity contribution is 0.100. The monoisotopic (exact) mass is 338 g/mol. The molecule has 0 aliphatic heterocycles. The van der Waals surface area contributed by atoms with Gasteiger partial charge in [-0.2, -0.15) is 0 Å². The van der Waals surface area contributed by atoms with Crippen LogP contribution in [-0.2, 0) is 0 Å². The number of carbonyl (C=O) groups excluding carboxylic acids is 2. The van der Waals surface area contributed by atoms with Crippen LogP contribution in [0.15, 0.2) is 34.1 Å². The molecule has 6 heteroatoms. The Hall–Kier alpha value is -1.66. The van der Waals surface area contributed by atoms with Gasteiger partial charge in [0.1, 0.15) is 5.00 Å². The van der Waals surface area contributed by atoms with Gasteiger partial charge in [0, 0.05) is 10.0 Å². The van der Waals surface area contributed by atoms with Crippen molar-refractivity contribution in [1.29, 1.82) is 0 Å². The number of nitrogens with two attached hydrogens (primary N) is 1. The van der Waals surface area contributed by atoms with Crippen molar-refractivity contribution in [3.05, 3.63) is 50.8 Å². The van der Waals surface area contributed by atoms with Crippen LogP contribution in [0.3, 0.4) is 0 Å². The maximum absolute atomic E-state index is 12.1. The second-order valence-electron chi connectivity index (χ2n) is 4.00. The number of anilines is 1. The highest BCUT2D eigenvalue weighted by Gasteiger charge is 2.14. The Bertz CT molecular complexity index is 632. The molecule has 2 amide bonds. The van der Waals surface area contributed by atoms with E-state index < -0.39 is 5.91 Å². The molecular weight excluding hydrogens is 328 g/mol. The van der Waals surface area contributed by atoms with Gasteiger partial charge in [-0.25, -0.2) is 0 Å². The van der Waals surface area contributed by atoms with Crippen molar-refractivity contribution >= 4 is 44.1 Å². The third-order valence-electron chi connectivity index (χ3n) is 2.46. The summed E-state index contributed by atoms with van der Waals surface area (Å²) in [5.74, 6) is -0.823. The van der Waals surface area contributed by atoms with E-state index in [-0.39, 0.29) is 5.91 Å². The van der Waals surface area contributed by atoms with E-state index >= 15 is 0 Å². The van der Waals surface area contributed by atoms with Gasteiger partial charge in [0.15, 0.2) is 0 Å². The summed E-state index contributed by atoms with van der Waals surface area (Å²) in [7, 11) is 0. The van der Waals surface area contributed by atoms with Crippen molar-refractivity contribution in [2.45, 2.75) is 6.92 Å². The average molecular weight is 339 g/mol. The molecule has 2 aromatic rings. The molecule has 0 aliphatic carbocycles. The van der Waals surface area contributed by atoms with Crippen LogP contribution < -0.4 is 11.1 Å². The molecule has 19 heavy (non-hydrogen) atoms. The van der Waals surface area contributed by atoms with Gasteiger partial charge in [0.25, 0.3) is 11.8 Å². The van der Waals surface area contributed by atoms with E-state index in [0.29, 0.717) is 16.1 Å². The second kappa shape index (κ2) is 5.54. The van der Waals surface area contributed by atoms with E-state index in [0.717, 1.165) is 10.0 Å². The molecule has 0 fully saturated rings. The van der Waals surface area contributed by atoms with Crippen molar-refractivity contribution in [3.8, 4) is 0 Å². The number of amides is 2. The highest BCUT2D eigenvalue weighted by molar-refractivity contribution is 9.10. The zero-order valence-electron chi connectivity index (χ0n) is 10.1. The number of rotatable bonds is 3. The Morgan fingerprint density at radius 3 is 2.68 bits per heavy atom. The number of hydrogen-bond donors (Lipinski definition) is 2. The highest BCUT2D eigenvalue weighted by Crippen LogP contribution is 2.24. The van der Waals surface area contributed by atoms with Crippen molar-refractivity contribution in [2.24, 2.45) is 5.73 Å². The van der Waals surface area contributed by atoms with Crippen molar-refractivity contribution in [1.82, 2.24) is 0 Å². The SMILES string of the molecule is Cc1cc(Br)cc(C(=O)Nc2sccc2C(N)=O)c1. The van der Waals surface area contributed by atoms with Crippen LogP contribution in [0.2, 0.25) is 0 Å². The minimum Gasteiger partial charge on any atom is -0.366 e. The first-order chi connectivity index (χ1) is 8.97. The molecular formula is C13H11BrN2O2S. The molecule has 1 heterocycles. The summed E-state index contributed by atoms with van der Waals surface area (Å²) in [5, 5.41) is 4.88. The predicted molar refractivity (Wildman–Crippen MR) is 79.7 cm³/mol. The molecule has 0 atom stereocenters. The number of benzene rings is 1. The smallest absolute Gasteiger partial charge is 0.256 e. The van der Waals surface area contributed by atoms with Gasteiger partial charge in [-0.3, -0.25) is 9.59 Å². The van der Waals surface area contributed by atoms with Crippen LogP contribution in [-0.4, -0.2) is 11.8 Å². The van der Waals surface area contributed by atoms with Crippen LogP contribution in [0.5, 0.6) is 0 Å². The summed E-state index contributed by atoms with van der Waals surface area (Å²) in [4.78, 5) is 23.3. The third kappa shape index (κ3) is 3.21. The van der Waals surface area contributed by atoms with Crippen molar-refractivity contribution in [2.75, 3.05) is 5.32 Å². The number of halogens is 1. The first-order valence-corrected chi connectivity index (χ1v) is 7.10. The Balaban J connectivity index is 2.25. The highest BCUT2D eigenvalue weighted by atomic mass is 79.9. The van der Waals surface area contributed by atoms with Crippen molar-refractivity contribution < 1.29 is 9.59 Å². The standard InChI is InChI=1S/C13H11BrN2O2S/c1-7-4-8(6-9(14)5-7)12(18)16-13-10(11(15)17)2-3-19-13/h2-6H,1H3,(H2,15,17)(H,16,18). The zero-order chi connectivity index (χ0) is 14.0. The molecule has 1 aromatic heterocycles. The normalized spacial score (nSPS) is 10.2. The van der Waals surface area contributed by atoms with Gasteiger partial charge in [-0.05, 0) is 42.1 Å². The van der Waals surface area contributed by atoms with Gasteiger partial charge in [-0.1, -0.05) is 15.9 Å². The molecule has 98 valence electrons. The number of primary amides is 1. The number of nitrogens with one attached hydrogen (secondary N) is 1. The van der Waals surface area contributed by atoms with E-state index in [9.17, 15) is 9.59 Å². The molecule has 4 nitrogen and oxygen atoms in total. The van der Waals surface area contributed by atoms with Gasteiger partial charge in [-0.15, -0.1) is 11.3 Å². The van der Waals surface area contributed by atoms with E-state index in [2.05, 4.69) is 21.2 Å². The minimum absolute atomic E-state index is 0.269. The quantitative estimate of drug-likeness (QED) is 0.902. The molecule has 1 aromatic carbocycles. The Morgan fingerprint density at radius 2 is 2.05 bits per heavy atom. The number of thiophene rings is 1. The zero-order valence-corrected chi connectivity index (χ0v) is 12.5. The van der Waals surface area contributed by atoms with E-state index in [1.165, 1.54) is 11.3 Å². The number of hydrogen-bond acceptors (Lipinski definition) is 3. The molecule has 0 saturated carbocycles. The third-order valence-corrected chi connectivity index (χ3v) is 3.75. The van der Waals surface area contributed by atoms with E-state index in [4.69, 9.17) is 5.73 Å². The molecule has 0 saturated heterocycles. The Kier molecular flexibility index (Phi) is 4.01. The second-order valence-corrected chi connectivity index (χ2v) is 5.83. The van der Waals surface area contributed by atoms with E-state index in [1.54, 1.807) is 23.6 Å². The summed E-state index contributed by atoms with van der Waals surface area (Å²) in [6.45, 7) is 1.90. The van der Waals surface area contributed by atoms with Crippen LogP contribution in [0.25, 0.3) is 0 Å². The summed E-state index contributed by atoms with van der Waals surface area (Å²) >= 11 is 4.61. The lowest BCUT2D eigenvalue weighted by Crippen LogP contribution is -2.16. The first kappa shape index (κ1) is 13.8. The van der Waals surface area contributed by atoms with Crippen LogP contribution >= 0.6 is 27.3 Å². The summed E-state index contributed by atoms with van der Waals surface area (Å²) < 4.78 is 0.832. The van der Waals surface area contributed by atoms with Gasteiger partial charge >= 0.3 is 0 Å². The summed E-state index contributed by atoms with van der Waals surface area (Å²) in [6.07, 6.45) is 0. The lowest BCUT2D eigenvalue weighted by atomic mass is 10.1. The van der Waals surface area contributed by atoms with Gasteiger partial charge in [0.05, 0.1) is 5.56 Å². The maximum atomic E-state index is 12.1. The predicted octanol–water partition coefficient (Wildman–Crippen LogP) is 3.17. The molecule has 0 bridgehead atoms. The first-order valence-electron chi connectivity index (χ1n) is 5.43. The molecule has 0 aliphatic rings. The minimum atomic E-state index is -0.554. The van der Waals surface area contributed by atoms with Crippen LogP contribution in [0, 0.1) is 6.92 Å². The number of aryl methyl sites for hydroxylation is 1. The fourth-order valence-corrected chi connectivity index (χ4v) is 3.04. The largest absolute Gasteiger partial charge is 0.366 e. The molecule has 0 spiro atoms. The fourth-order valence-electron chi connectivity index (χ4n) is 1.64. The van der Waals surface area contributed by atoms with Gasteiger partial charge in [0.2, 0.25) is 0 Å². The topological polar surface area (TPSA) is 72.2 Å². The molecule has 0 unspecified atom stereocenters. The van der Waals surface area contributed by atoms with Gasteiger partial charge < -0.3 is 11.1 Å². The number of carbonyl (C=O) groups is 2.